The van der Waals surface area contributed by atoms with E-state index >= 15 is 0 Å². The van der Waals surface area contributed by atoms with E-state index in [-0.39, 0.29) is 24.0 Å². The van der Waals surface area contributed by atoms with E-state index < -0.39 is 5.82 Å². The average Bonchev–Trinajstić information content (AvgIpc) is 3.29. The zero-order chi connectivity index (χ0) is 22.6. The molecule has 2 aliphatic rings. The Balaban J connectivity index is 1.17. The van der Waals surface area contributed by atoms with Gasteiger partial charge in [-0.25, -0.2) is 4.39 Å². The van der Waals surface area contributed by atoms with Crippen LogP contribution in [0.15, 0.2) is 54.9 Å². The summed E-state index contributed by atoms with van der Waals surface area (Å²) in [5, 5.41) is 2.93. The minimum Gasteiger partial charge on any atom is -0.374 e. The number of nitrogens with one attached hydrogen (secondary N) is 2. The maximum Gasteiger partial charge on any atom is 0.253 e. The Labute approximate surface area is 191 Å². The number of H-pyrrole nitrogens is 1. The number of carbonyl (C=O) groups is 1. The molecule has 0 saturated carbocycles. The zero-order valence-corrected chi connectivity index (χ0v) is 18.1. The summed E-state index contributed by atoms with van der Waals surface area (Å²) < 4.78 is 32.0. The number of ether oxygens (including phenoxy) is 3. The number of fused-ring (bicyclic) bond motifs is 1. The molecule has 1 saturated heterocycles. The second-order valence-corrected chi connectivity index (χ2v) is 8.42. The molecule has 0 radical (unpaired) electrons. The number of carbonyl (C=O) groups excluding carboxylic acids is 1. The molecule has 8 heteroatoms. The molecule has 2 N–H and O–H groups in total. The van der Waals surface area contributed by atoms with Gasteiger partial charge in [0.05, 0.1) is 44.3 Å². The van der Waals surface area contributed by atoms with Crippen molar-refractivity contribution in [2.75, 3.05) is 26.4 Å². The molecule has 2 aliphatic heterocycles. The van der Waals surface area contributed by atoms with Crippen LogP contribution in [0.1, 0.15) is 34.0 Å². The van der Waals surface area contributed by atoms with Crippen molar-refractivity contribution in [3.8, 4) is 11.3 Å². The number of aromatic nitrogens is 2. The maximum atomic E-state index is 14.2. The molecule has 1 fully saturated rings. The number of benzene rings is 1. The lowest BCUT2D eigenvalue weighted by Crippen LogP contribution is -2.41. The number of aromatic amines is 1. The third-order valence-electron chi connectivity index (χ3n) is 6.07. The van der Waals surface area contributed by atoms with Gasteiger partial charge in [-0.05, 0) is 24.1 Å². The third kappa shape index (κ3) is 4.98. The molecule has 1 amide bonds. The molecule has 0 bridgehead atoms. The highest BCUT2D eigenvalue weighted by atomic mass is 19.1. The van der Waals surface area contributed by atoms with Crippen LogP contribution in [-0.2, 0) is 20.8 Å². The average molecular weight is 451 g/mol. The number of nitrogens with zero attached hydrogens (tertiary/aromatic N) is 1. The number of pyridine rings is 1. The van der Waals surface area contributed by atoms with E-state index in [0.29, 0.717) is 56.2 Å². The Hall–Kier alpha value is -3.07. The Morgan fingerprint density at radius 1 is 1.09 bits per heavy atom. The van der Waals surface area contributed by atoms with E-state index in [1.165, 1.54) is 12.4 Å². The second kappa shape index (κ2) is 9.82. The van der Waals surface area contributed by atoms with Gasteiger partial charge in [0, 0.05) is 35.6 Å². The normalized spacial score (nSPS) is 22.6. The van der Waals surface area contributed by atoms with E-state index in [0.717, 1.165) is 11.3 Å². The minimum absolute atomic E-state index is 0.0239. The van der Waals surface area contributed by atoms with Gasteiger partial charge >= 0.3 is 0 Å². The van der Waals surface area contributed by atoms with Crippen molar-refractivity contribution in [3.05, 3.63) is 77.5 Å². The molecule has 172 valence electrons. The molecular weight excluding hydrogens is 425 g/mol. The van der Waals surface area contributed by atoms with Crippen molar-refractivity contribution in [3.63, 3.8) is 0 Å². The van der Waals surface area contributed by atoms with Crippen molar-refractivity contribution in [2.45, 2.75) is 31.2 Å². The van der Waals surface area contributed by atoms with Gasteiger partial charge in [-0.3, -0.25) is 9.78 Å². The lowest BCUT2D eigenvalue weighted by Gasteiger charge is -2.32. The van der Waals surface area contributed by atoms with Gasteiger partial charge in [-0.15, -0.1) is 0 Å². The van der Waals surface area contributed by atoms with Gasteiger partial charge in [-0.1, -0.05) is 30.3 Å². The van der Waals surface area contributed by atoms with Crippen LogP contribution in [0.5, 0.6) is 0 Å². The first-order chi connectivity index (χ1) is 16.2. The zero-order valence-electron chi connectivity index (χ0n) is 18.1. The van der Waals surface area contributed by atoms with Crippen molar-refractivity contribution in [1.29, 1.82) is 0 Å². The molecule has 0 aliphatic carbocycles. The first-order valence-corrected chi connectivity index (χ1v) is 11.1. The Morgan fingerprint density at radius 2 is 1.91 bits per heavy atom. The summed E-state index contributed by atoms with van der Waals surface area (Å²) in [5.41, 5.74) is 3.43. The lowest BCUT2D eigenvalue weighted by molar-refractivity contribution is -0.155. The van der Waals surface area contributed by atoms with Gasteiger partial charge in [0.1, 0.15) is 6.10 Å². The fourth-order valence-electron chi connectivity index (χ4n) is 4.35. The SMILES string of the molecule is O=C1NCC(C[C@H]2CO[C@H](COCc3ccccc3)CO2)c2[nH]c(-c3ccncc3F)cc21. The topological polar surface area (TPSA) is 85.5 Å². The fraction of sp³-hybridized carbons (Fsp3) is 0.360. The van der Waals surface area contributed by atoms with Crippen LogP contribution in [0.2, 0.25) is 0 Å². The van der Waals surface area contributed by atoms with Gasteiger partial charge < -0.3 is 24.5 Å². The van der Waals surface area contributed by atoms with E-state index in [9.17, 15) is 9.18 Å². The van der Waals surface area contributed by atoms with E-state index in [1.54, 1.807) is 12.1 Å². The quantitative estimate of drug-likeness (QED) is 0.575. The lowest BCUT2D eigenvalue weighted by atomic mass is 9.92. The van der Waals surface area contributed by atoms with Crippen LogP contribution >= 0.6 is 0 Å². The summed E-state index contributed by atoms with van der Waals surface area (Å²) in [6, 6.07) is 13.3. The van der Waals surface area contributed by atoms with Crippen LogP contribution in [0.4, 0.5) is 4.39 Å². The number of amides is 1. The predicted molar refractivity (Wildman–Crippen MR) is 119 cm³/mol. The monoisotopic (exact) mass is 451 g/mol. The van der Waals surface area contributed by atoms with Crippen LogP contribution in [0.3, 0.4) is 0 Å². The summed E-state index contributed by atoms with van der Waals surface area (Å²) in [7, 11) is 0. The number of rotatable bonds is 7. The van der Waals surface area contributed by atoms with Crippen LogP contribution in [-0.4, -0.2) is 54.4 Å². The molecule has 33 heavy (non-hydrogen) atoms. The first kappa shape index (κ1) is 21.8. The Bertz CT molecular complexity index is 1100. The molecule has 3 atom stereocenters. The largest absolute Gasteiger partial charge is 0.374 e. The van der Waals surface area contributed by atoms with E-state index in [1.807, 2.05) is 30.3 Å². The van der Waals surface area contributed by atoms with Gasteiger partial charge in [-0.2, -0.15) is 0 Å². The van der Waals surface area contributed by atoms with Crippen LogP contribution < -0.4 is 5.32 Å². The summed E-state index contributed by atoms with van der Waals surface area (Å²) in [6.07, 6.45) is 3.19. The summed E-state index contributed by atoms with van der Waals surface area (Å²) >= 11 is 0. The second-order valence-electron chi connectivity index (χ2n) is 8.42. The smallest absolute Gasteiger partial charge is 0.253 e. The molecule has 1 aromatic carbocycles. The Morgan fingerprint density at radius 3 is 2.70 bits per heavy atom. The predicted octanol–water partition coefficient (Wildman–Crippen LogP) is 3.43. The summed E-state index contributed by atoms with van der Waals surface area (Å²) in [4.78, 5) is 19.5. The molecular formula is C25H26FN3O4. The molecule has 1 unspecified atom stereocenters. The van der Waals surface area contributed by atoms with Gasteiger partial charge in [0.2, 0.25) is 0 Å². The summed E-state index contributed by atoms with van der Waals surface area (Å²) in [6.45, 7) is 2.44. The molecule has 0 spiro atoms. The van der Waals surface area contributed by atoms with Crippen molar-refractivity contribution in [1.82, 2.24) is 15.3 Å². The number of halogens is 1. The van der Waals surface area contributed by atoms with E-state index in [4.69, 9.17) is 14.2 Å². The third-order valence-corrected chi connectivity index (χ3v) is 6.07. The summed E-state index contributed by atoms with van der Waals surface area (Å²) in [5.74, 6) is -0.567. The highest BCUT2D eigenvalue weighted by Crippen LogP contribution is 2.33. The minimum atomic E-state index is -0.433. The number of hydrogen-bond acceptors (Lipinski definition) is 5. The van der Waals surface area contributed by atoms with Gasteiger partial charge in [0.25, 0.3) is 5.91 Å². The highest BCUT2D eigenvalue weighted by Gasteiger charge is 2.32. The molecule has 3 aromatic rings. The molecule has 5 rings (SSSR count). The van der Waals surface area contributed by atoms with Gasteiger partial charge in [0.15, 0.2) is 5.82 Å². The highest BCUT2D eigenvalue weighted by molar-refractivity contribution is 5.98. The first-order valence-electron chi connectivity index (χ1n) is 11.1. The fourth-order valence-corrected chi connectivity index (χ4v) is 4.35. The van der Waals surface area contributed by atoms with E-state index in [2.05, 4.69) is 15.3 Å². The van der Waals surface area contributed by atoms with Crippen molar-refractivity contribution >= 4 is 5.91 Å². The molecule has 7 nitrogen and oxygen atoms in total. The van der Waals surface area contributed by atoms with Crippen LogP contribution in [0.25, 0.3) is 11.3 Å². The molecule has 4 heterocycles. The van der Waals surface area contributed by atoms with Crippen molar-refractivity contribution in [2.24, 2.45) is 0 Å². The maximum absolute atomic E-state index is 14.2. The number of hydrogen-bond donors (Lipinski definition) is 2. The van der Waals surface area contributed by atoms with Crippen molar-refractivity contribution < 1.29 is 23.4 Å². The molecule has 2 aromatic heterocycles. The van der Waals surface area contributed by atoms with Crippen LogP contribution in [0, 0.1) is 5.82 Å². The standard InChI is InChI=1S/C25H26FN3O4/c26-22-11-27-7-6-20(22)23-9-21-24(29-23)17(10-28-25(21)30)8-18-14-33-19(15-32-18)13-31-12-16-4-2-1-3-5-16/h1-7,9,11,17-19,29H,8,10,12-15H2,(H,28,30)/t17?,18-,19+/m0/s1. The Kier molecular flexibility index (Phi) is 6.48.